The molecule has 34 nitrogen and oxygen atoms in total. The van der Waals surface area contributed by atoms with Crippen LogP contribution >= 0.6 is 0 Å². The molecule has 35 heteroatoms. The molecule has 6 aliphatic rings. The SMILES string of the molecule is CC[C@@H]1C(CO[C@H]2OC(CC(C)COO)[C@H](O)[C@@H](O)C2O)O[C@@H](COC[C@@H]2C(CO)O[C@@H](COC)C(O)[C@@H]2O)C(O)[C@@H]1O.CC[C@@H]1C(CO[C@H]2OC(CC(C)COOCC(=O)[O-])[C@H](O)[C@@H](O)C2O)O[C@@H](COC[C@@H]2C(CO)O[C@@H](COC)C(O)[C@@H]2O)C(O)[C@@H]1O.[Na+]. The van der Waals surface area contributed by atoms with Gasteiger partial charge in [-0.15, -0.1) is 0 Å². The molecule has 0 amide bonds. The summed E-state index contributed by atoms with van der Waals surface area (Å²) in [6, 6.07) is 0. The fourth-order valence-corrected chi connectivity index (χ4v) is 12.2. The van der Waals surface area contributed by atoms with Crippen LogP contribution in [0.3, 0.4) is 0 Å². The molecule has 17 N–H and O–H groups in total. The molecule has 32 atom stereocenters. The first-order valence-corrected chi connectivity index (χ1v) is 30.6. The predicted octanol–water partition coefficient (Wildman–Crippen LogP) is -11.6. The molecule has 0 saturated carbocycles. The molecule has 0 aliphatic carbocycles. The van der Waals surface area contributed by atoms with Crippen LogP contribution in [0.5, 0.6) is 0 Å². The largest absolute Gasteiger partial charge is 1.00 e. The summed E-state index contributed by atoms with van der Waals surface area (Å²) in [5.74, 6) is -4.84. The zero-order valence-electron chi connectivity index (χ0n) is 52.5. The Labute approximate surface area is 549 Å². The van der Waals surface area contributed by atoms with Crippen molar-refractivity contribution in [3.63, 3.8) is 0 Å². The molecule has 0 aromatic rings. The van der Waals surface area contributed by atoms with Crippen molar-refractivity contribution < 1.29 is 198 Å². The molecule has 6 saturated heterocycles. The fraction of sp³-hybridized carbons (Fsp3) is 0.982. The molecule has 0 spiro atoms. The van der Waals surface area contributed by atoms with E-state index >= 15 is 0 Å². The number of aliphatic hydroxyl groups is 16. The van der Waals surface area contributed by atoms with E-state index in [4.69, 9.17) is 67.0 Å². The second-order valence-corrected chi connectivity index (χ2v) is 24.2. The summed E-state index contributed by atoms with van der Waals surface area (Å²) < 4.78 is 67.9. The van der Waals surface area contributed by atoms with Crippen molar-refractivity contribution in [1.29, 1.82) is 0 Å². The number of hydrogen-bond donors (Lipinski definition) is 17. The number of aliphatic hydroxyl groups excluding tert-OH is 16. The Hall–Kier alpha value is -0.810. The number of carbonyl (C=O) groups is 1. The number of aliphatic carboxylic acids is 1. The maximum absolute atomic E-state index is 10.9. The van der Waals surface area contributed by atoms with E-state index < -0.39 is 209 Å². The average Bonchev–Trinajstić information content (AvgIpc) is 0.919. The Bertz CT molecular complexity index is 1980. The van der Waals surface area contributed by atoms with E-state index in [1.807, 2.05) is 0 Å². The first kappa shape index (κ1) is 82.6. The van der Waals surface area contributed by atoms with E-state index in [1.165, 1.54) is 14.2 Å². The van der Waals surface area contributed by atoms with E-state index in [0.29, 0.717) is 12.8 Å². The van der Waals surface area contributed by atoms with Crippen molar-refractivity contribution in [3.05, 3.63) is 0 Å². The molecule has 6 aliphatic heterocycles. The molecule has 0 radical (unpaired) electrons. The molecule has 91 heavy (non-hydrogen) atoms. The number of methoxy groups -OCH3 is 2. The van der Waals surface area contributed by atoms with Gasteiger partial charge in [-0.25, -0.2) is 14.7 Å². The fourth-order valence-electron chi connectivity index (χ4n) is 12.2. The summed E-state index contributed by atoms with van der Waals surface area (Å²) in [5, 5.41) is 187. The predicted molar refractivity (Wildman–Crippen MR) is 295 cm³/mol. The Morgan fingerprint density at radius 1 is 0.407 bits per heavy atom. The van der Waals surface area contributed by atoms with Crippen molar-refractivity contribution in [1.82, 2.24) is 0 Å². The van der Waals surface area contributed by atoms with Gasteiger partial charge < -0.3 is 148 Å². The monoisotopic (exact) mass is 1340 g/mol. The first-order chi connectivity index (χ1) is 42.8. The van der Waals surface area contributed by atoms with Gasteiger partial charge in [-0.3, -0.25) is 5.26 Å². The van der Waals surface area contributed by atoms with E-state index in [2.05, 4.69) is 9.78 Å². The minimum absolute atomic E-state index is 0. The van der Waals surface area contributed by atoms with E-state index in [9.17, 15) is 91.6 Å². The third kappa shape index (κ3) is 22.6. The van der Waals surface area contributed by atoms with E-state index in [0.717, 1.165) is 0 Å². The number of carboxylic acids is 1. The van der Waals surface area contributed by atoms with E-state index in [-0.39, 0.29) is 120 Å². The van der Waals surface area contributed by atoms with Crippen LogP contribution in [0.1, 0.15) is 53.4 Å². The normalized spacial score (nSPS) is 42.8. The number of carboxylic acid groups (broad SMARTS) is 1. The van der Waals surface area contributed by atoms with Crippen LogP contribution in [0.15, 0.2) is 0 Å². The third-order valence-corrected chi connectivity index (χ3v) is 17.6. The minimum Gasteiger partial charge on any atom is -0.547 e. The molecule has 0 aromatic carbocycles. The molecule has 530 valence electrons. The smallest absolute Gasteiger partial charge is 0.547 e. The van der Waals surface area contributed by atoms with Gasteiger partial charge in [0.05, 0.1) is 146 Å². The summed E-state index contributed by atoms with van der Waals surface area (Å²) in [6.45, 7) is 4.02. The molecular weight excluding hydrogens is 1240 g/mol. The van der Waals surface area contributed by atoms with Gasteiger partial charge in [-0.05, 0) is 37.5 Å². The van der Waals surface area contributed by atoms with Crippen LogP contribution in [0, 0.1) is 35.5 Å². The quantitative estimate of drug-likeness (QED) is 0.0126. The maximum Gasteiger partial charge on any atom is 1.00 e. The zero-order chi connectivity index (χ0) is 66.7. The number of hydrogen-bond acceptors (Lipinski definition) is 34. The Morgan fingerprint density at radius 2 is 0.747 bits per heavy atom. The second-order valence-electron chi connectivity index (χ2n) is 24.2. The van der Waals surface area contributed by atoms with Crippen molar-refractivity contribution in [3.8, 4) is 0 Å². The average molecular weight is 1340 g/mol. The van der Waals surface area contributed by atoms with Gasteiger partial charge in [-0.1, -0.05) is 27.7 Å². The van der Waals surface area contributed by atoms with Crippen LogP contribution in [0.25, 0.3) is 0 Å². The topological polar surface area (TPSA) is 522 Å². The number of carbonyl (C=O) groups excluding carboxylic acids is 1. The van der Waals surface area contributed by atoms with Crippen molar-refractivity contribution in [2.45, 2.75) is 212 Å². The Morgan fingerprint density at radius 3 is 1.09 bits per heavy atom. The first-order valence-electron chi connectivity index (χ1n) is 30.6. The van der Waals surface area contributed by atoms with Crippen molar-refractivity contribution in [2.24, 2.45) is 35.5 Å². The van der Waals surface area contributed by atoms with Gasteiger partial charge in [0.25, 0.3) is 0 Å². The Kier molecular flexibility index (Phi) is 37.2. The van der Waals surface area contributed by atoms with Gasteiger partial charge >= 0.3 is 29.6 Å². The molecular formula is C56H101NaO34. The van der Waals surface area contributed by atoms with Gasteiger partial charge in [-0.2, -0.15) is 0 Å². The van der Waals surface area contributed by atoms with Crippen LogP contribution in [0.4, 0.5) is 0 Å². The number of rotatable bonds is 33. The van der Waals surface area contributed by atoms with Crippen LogP contribution in [0.2, 0.25) is 0 Å². The van der Waals surface area contributed by atoms with Crippen LogP contribution in [-0.4, -0.2) is 352 Å². The standard InChI is InChI=1S/C29H52O18.C27H50O16.Na/c1-4-14-18(11-42-29-28(39)27(38)24(35)16(47-29)5-13(2)7-43-44-12-21(31)32)46-20(26(37)22(14)33)10-41-8-15-17(6-30)45-19(9-40-3)25(36)23(15)34;1-4-13-17(11-39-27-26(35)25(34)22(31)15(43-27)5-12(2)7-40-36)42-19(24(33)20(13)29)10-38-8-14-16(6-28)41-18(9-37-3)23(32)21(14)30;/h13-20,22-30,33-39H,4-12H2,1-3H3,(H,31,32);12-36H,4-11H2,1-3H3;/q;;+1/p-1/t13?,14-,15-,16?,17?,18?,19+,20+,22-,23-,24+,25?,26?,27-,28?,29+;12?,13-,14-,15?,16?,17?,18+,19+,20-,21-,22+,23?,24?,25-,26?,27+;/m11./s1. The van der Waals surface area contributed by atoms with Crippen molar-refractivity contribution in [2.75, 3.05) is 100 Å². The molecule has 6 fully saturated rings. The van der Waals surface area contributed by atoms with Gasteiger partial charge in [0.15, 0.2) is 12.6 Å². The Balaban J connectivity index is 0.000000386. The minimum atomic E-state index is -1.64. The van der Waals surface area contributed by atoms with Gasteiger partial charge in [0, 0.05) is 37.9 Å². The second kappa shape index (κ2) is 40.9. The molecule has 6 heterocycles. The molecule has 14 unspecified atom stereocenters. The van der Waals surface area contributed by atoms with Gasteiger partial charge in [0.1, 0.15) is 92.1 Å². The van der Waals surface area contributed by atoms with Gasteiger partial charge in [0.2, 0.25) is 0 Å². The summed E-state index contributed by atoms with van der Waals surface area (Å²) in [7, 11) is 2.83. The summed E-state index contributed by atoms with van der Waals surface area (Å²) in [5.41, 5.74) is 0. The van der Waals surface area contributed by atoms with Crippen LogP contribution < -0.4 is 34.7 Å². The maximum atomic E-state index is 10.9. The summed E-state index contributed by atoms with van der Waals surface area (Å²) in [6.07, 6.45) is -30.3. The third-order valence-electron chi connectivity index (χ3n) is 17.6. The summed E-state index contributed by atoms with van der Waals surface area (Å²) in [4.78, 5) is 23.9. The van der Waals surface area contributed by atoms with Crippen LogP contribution in [-0.2, 0) is 76.3 Å². The zero-order valence-corrected chi connectivity index (χ0v) is 54.5. The molecule has 0 aromatic heterocycles. The molecule has 6 rings (SSSR count). The number of ether oxygens (including phenoxy) is 12. The molecule has 0 bridgehead atoms. The van der Waals surface area contributed by atoms with Crippen molar-refractivity contribution >= 4 is 5.97 Å². The van der Waals surface area contributed by atoms with E-state index in [1.54, 1.807) is 27.7 Å². The summed E-state index contributed by atoms with van der Waals surface area (Å²) >= 11 is 0.